The Morgan fingerprint density at radius 1 is 1.35 bits per heavy atom. The lowest BCUT2D eigenvalue weighted by molar-refractivity contribution is -0.128. The van der Waals surface area contributed by atoms with Crippen molar-refractivity contribution in [1.29, 1.82) is 0 Å². The molecule has 3 fully saturated rings. The summed E-state index contributed by atoms with van der Waals surface area (Å²) < 4.78 is 26.8. The van der Waals surface area contributed by atoms with Gasteiger partial charge in [0.1, 0.15) is 0 Å². The van der Waals surface area contributed by atoms with E-state index >= 15 is 0 Å². The molecule has 0 aromatic carbocycles. The fourth-order valence-corrected chi connectivity index (χ4v) is 8.65. The molecule has 4 atom stereocenters. The predicted molar refractivity (Wildman–Crippen MR) is 90.3 cm³/mol. The molecule has 0 N–H and O–H groups in total. The molecule has 2 aliphatic carbocycles. The second-order valence-corrected chi connectivity index (χ2v) is 11.0. The average Bonchev–Trinajstić information content (AvgIpc) is 2.90. The van der Waals surface area contributed by atoms with Gasteiger partial charge >= 0.3 is 0 Å². The molecule has 0 aromatic heterocycles. The van der Waals surface area contributed by atoms with Crippen LogP contribution in [0.1, 0.15) is 53.4 Å². The van der Waals surface area contributed by atoms with Crippen molar-refractivity contribution in [2.75, 3.05) is 5.75 Å². The minimum atomic E-state index is -3.59. The van der Waals surface area contributed by atoms with E-state index in [9.17, 15) is 18.0 Å². The third-order valence-electron chi connectivity index (χ3n) is 6.58. The topological polar surface area (TPSA) is 71.5 Å². The monoisotopic (exact) mass is 359 g/mol. The zero-order chi connectivity index (χ0) is 17.2. The molecule has 1 amide bonds. The Kier molecular flexibility index (Phi) is 3.92. The van der Waals surface area contributed by atoms with Crippen LogP contribution in [0.3, 0.4) is 0 Å². The van der Waals surface area contributed by atoms with Crippen LogP contribution in [-0.2, 0) is 19.6 Å². The van der Waals surface area contributed by atoms with Crippen molar-refractivity contribution in [2.45, 2.75) is 64.7 Å². The van der Waals surface area contributed by atoms with Crippen LogP contribution in [0.25, 0.3) is 0 Å². The van der Waals surface area contributed by atoms with Crippen LogP contribution in [0.4, 0.5) is 0 Å². The summed E-state index contributed by atoms with van der Waals surface area (Å²) in [6.45, 7) is 7.56. The maximum absolute atomic E-state index is 12.9. The number of carbonyl (C=O) groups is 2. The van der Waals surface area contributed by atoms with E-state index in [4.69, 9.17) is 0 Å². The van der Waals surface area contributed by atoms with E-state index < -0.39 is 21.2 Å². The van der Waals surface area contributed by atoms with Gasteiger partial charge in [0.25, 0.3) is 0 Å². The Bertz CT molecular complexity index is 657. The molecule has 1 saturated heterocycles. The highest BCUT2D eigenvalue weighted by molar-refractivity contribution is 8.14. The number of amides is 1. The second-order valence-electron chi connectivity index (χ2n) is 7.76. The number of sulfonamides is 1. The van der Waals surface area contributed by atoms with E-state index in [1.54, 1.807) is 0 Å². The summed E-state index contributed by atoms with van der Waals surface area (Å²) in [4.78, 5) is 24.3. The van der Waals surface area contributed by atoms with E-state index in [1.807, 2.05) is 6.92 Å². The standard InChI is InChI=1S/C16H25NO4S2/c1-5-12(22-10(2)18)14(19)17-13-8-11-6-7-16(13,15(11,3)4)9-23(17,20)21/h11-13H,5-9H2,1-4H3. The first-order valence-electron chi connectivity index (χ1n) is 8.30. The molecule has 3 rings (SSSR count). The molecule has 1 aliphatic heterocycles. The number of rotatable bonds is 3. The third kappa shape index (κ3) is 2.22. The molecule has 23 heavy (non-hydrogen) atoms. The van der Waals surface area contributed by atoms with Gasteiger partial charge in [-0.1, -0.05) is 32.5 Å². The average molecular weight is 360 g/mol. The maximum atomic E-state index is 12.9. The Hall–Kier alpha value is -0.560. The Morgan fingerprint density at radius 2 is 2.00 bits per heavy atom. The third-order valence-corrected chi connectivity index (χ3v) is 9.65. The molecular weight excluding hydrogens is 334 g/mol. The van der Waals surface area contributed by atoms with Gasteiger partial charge in [0.05, 0.1) is 17.0 Å². The number of thioether (sulfide) groups is 1. The van der Waals surface area contributed by atoms with Crippen molar-refractivity contribution in [2.24, 2.45) is 16.7 Å². The summed E-state index contributed by atoms with van der Waals surface area (Å²) >= 11 is 0.952. The van der Waals surface area contributed by atoms with Crippen LogP contribution in [0.2, 0.25) is 0 Å². The highest BCUT2D eigenvalue weighted by Crippen LogP contribution is 2.70. The summed E-state index contributed by atoms with van der Waals surface area (Å²) in [5, 5.41) is -0.746. The fourth-order valence-electron chi connectivity index (χ4n) is 5.23. The van der Waals surface area contributed by atoms with Gasteiger partial charge in [-0.05, 0) is 37.0 Å². The van der Waals surface area contributed by atoms with Crippen LogP contribution < -0.4 is 0 Å². The van der Waals surface area contributed by atoms with Crippen LogP contribution in [0.5, 0.6) is 0 Å². The molecule has 3 aliphatic rings. The molecule has 0 aromatic rings. The van der Waals surface area contributed by atoms with E-state index in [-0.39, 0.29) is 27.7 Å². The lowest BCUT2D eigenvalue weighted by Gasteiger charge is -2.37. The van der Waals surface area contributed by atoms with Crippen molar-refractivity contribution in [3.63, 3.8) is 0 Å². The molecule has 2 bridgehead atoms. The Morgan fingerprint density at radius 3 is 2.52 bits per heavy atom. The van der Waals surface area contributed by atoms with Crippen LogP contribution in [0, 0.1) is 16.7 Å². The number of hydrogen-bond donors (Lipinski definition) is 0. The normalized spacial score (nSPS) is 37.7. The molecular formula is C16H25NO4S2. The quantitative estimate of drug-likeness (QED) is 0.774. The summed E-state index contributed by atoms with van der Waals surface area (Å²) in [7, 11) is -3.59. The SMILES string of the molecule is CCC(SC(C)=O)C(=O)N1C2CC3CCC2(CS1(=O)=O)C3(C)C. The minimum Gasteiger partial charge on any atom is -0.288 e. The second kappa shape index (κ2) is 5.22. The Balaban J connectivity index is 1.97. The zero-order valence-corrected chi connectivity index (χ0v) is 15.8. The first kappa shape index (κ1) is 17.3. The molecule has 130 valence electrons. The van der Waals surface area contributed by atoms with E-state index in [2.05, 4.69) is 13.8 Å². The van der Waals surface area contributed by atoms with Crippen LogP contribution >= 0.6 is 11.8 Å². The van der Waals surface area contributed by atoms with Crippen molar-refractivity contribution in [1.82, 2.24) is 4.31 Å². The lowest BCUT2D eigenvalue weighted by Crippen LogP contribution is -2.47. The van der Waals surface area contributed by atoms with Crippen LogP contribution in [0.15, 0.2) is 0 Å². The first-order chi connectivity index (χ1) is 10.6. The van der Waals surface area contributed by atoms with Gasteiger partial charge in [0.15, 0.2) is 5.12 Å². The summed E-state index contributed by atoms with van der Waals surface area (Å²) in [6, 6.07) is -0.213. The number of nitrogens with zero attached hydrogens (tertiary/aromatic N) is 1. The van der Waals surface area contributed by atoms with Gasteiger partial charge in [0.2, 0.25) is 15.9 Å². The van der Waals surface area contributed by atoms with Crippen molar-refractivity contribution >= 4 is 32.8 Å². The van der Waals surface area contributed by atoms with Crippen molar-refractivity contribution in [3.8, 4) is 0 Å². The summed E-state index contributed by atoms with van der Waals surface area (Å²) in [6.07, 6.45) is 3.18. The molecule has 1 heterocycles. The number of carbonyl (C=O) groups excluding carboxylic acids is 2. The molecule has 5 nitrogen and oxygen atoms in total. The van der Waals surface area contributed by atoms with E-state index in [0.717, 1.165) is 31.0 Å². The van der Waals surface area contributed by atoms with Crippen molar-refractivity contribution < 1.29 is 18.0 Å². The van der Waals surface area contributed by atoms with Crippen molar-refractivity contribution in [3.05, 3.63) is 0 Å². The summed E-state index contributed by atoms with van der Waals surface area (Å²) in [5.41, 5.74) is -0.347. The molecule has 4 unspecified atom stereocenters. The van der Waals surface area contributed by atoms with Gasteiger partial charge < -0.3 is 0 Å². The molecule has 7 heteroatoms. The lowest BCUT2D eigenvalue weighted by atomic mass is 9.69. The number of fused-ring (bicyclic) bond motifs is 1. The van der Waals surface area contributed by atoms with Gasteiger partial charge in [-0.3, -0.25) is 9.59 Å². The largest absolute Gasteiger partial charge is 0.288 e. The van der Waals surface area contributed by atoms with E-state index in [1.165, 1.54) is 11.2 Å². The van der Waals surface area contributed by atoms with E-state index in [0.29, 0.717) is 12.3 Å². The number of hydrogen-bond acceptors (Lipinski definition) is 5. The van der Waals surface area contributed by atoms with Gasteiger partial charge in [0, 0.05) is 12.3 Å². The minimum absolute atomic E-state index is 0.0464. The van der Waals surface area contributed by atoms with Crippen LogP contribution in [-0.4, -0.2) is 40.8 Å². The van der Waals surface area contributed by atoms with Gasteiger partial charge in [-0.25, -0.2) is 12.7 Å². The predicted octanol–water partition coefficient (Wildman–Crippen LogP) is 2.41. The first-order valence-corrected chi connectivity index (χ1v) is 10.8. The highest BCUT2D eigenvalue weighted by atomic mass is 32.2. The zero-order valence-electron chi connectivity index (χ0n) is 14.2. The van der Waals surface area contributed by atoms with Gasteiger partial charge in [-0.2, -0.15) is 0 Å². The molecule has 2 saturated carbocycles. The Labute approximate surface area is 142 Å². The summed E-state index contributed by atoms with van der Waals surface area (Å²) in [5.74, 6) is 0.179. The highest BCUT2D eigenvalue weighted by Gasteiger charge is 2.72. The smallest absolute Gasteiger partial charge is 0.249 e. The molecule has 1 spiro atoms. The van der Waals surface area contributed by atoms with Gasteiger partial charge in [-0.15, -0.1) is 0 Å². The maximum Gasteiger partial charge on any atom is 0.249 e. The molecule has 0 radical (unpaired) electrons. The fraction of sp³-hybridized carbons (Fsp3) is 0.875.